The number of β-lactam (4-membered cyclic amide) rings is 1. The molecule has 13 nitrogen and oxygen atoms in total. The fourth-order valence-electron chi connectivity index (χ4n) is 8.05. The van der Waals surface area contributed by atoms with Crippen LogP contribution in [-0.4, -0.2) is 105 Å². The number of ether oxygens (including phenoxy) is 3. The summed E-state index contributed by atoms with van der Waals surface area (Å²) in [4.78, 5) is 55.7. The topological polar surface area (TPSA) is 168 Å². The van der Waals surface area contributed by atoms with Crippen LogP contribution in [0.25, 0.3) is 21.7 Å². The van der Waals surface area contributed by atoms with Gasteiger partial charge < -0.3 is 29.7 Å². The van der Waals surface area contributed by atoms with Crippen molar-refractivity contribution in [2.45, 2.75) is 43.3 Å². The van der Waals surface area contributed by atoms with Crippen molar-refractivity contribution in [2.75, 3.05) is 39.2 Å². The third-order valence-corrected chi connectivity index (χ3v) is 12.3. The number of hydrogen-bond acceptors (Lipinski definition) is 11. The largest absolute Gasteiger partial charge is 0.497 e. The van der Waals surface area contributed by atoms with E-state index in [4.69, 9.17) is 14.2 Å². The molecule has 14 heteroatoms. The molecule has 6 heterocycles. The zero-order valence-electron chi connectivity index (χ0n) is 31.1. The molecule has 4 fully saturated rings. The van der Waals surface area contributed by atoms with Gasteiger partial charge >= 0.3 is 11.9 Å². The lowest BCUT2D eigenvalue weighted by atomic mass is 9.73. The number of hydrogen-bond donors (Lipinski definition) is 3. The molecule has 0 spiro atoms. The first-order valence-electron chi connectivity index (χ1n) is 18.5. The number of rotatable bonds is 11. The van der Waals surface area contributed by atoms with E-state index in [1.807, 2.05) is 60.7 Å². The van der Waals surface area contributed by atoms with Gasteiger partial charge in [0.25, 0.3) is 11.8 Å². The normalized spacial score (nSPS) is 24.3. The fourth-order valence-corrected chi connectivity index (χ4v) is 9.38. The maximum atomic E-state index is 12.6. The molecule has 4 saturated heterocycles. The summed E-state index contributed by atoms with van der Waals surface area (Å²) in [6.07, 6.45) is 5.62. The predicted molar refractivity (Wildman–Crippen MR) is 211 cm³/mol. The molecule has 2 amide bonds. The van der Waals surface area contributed by atoms with Gasteiger partial charge in [-0.05, 0) is 84.0 Å². The summed E-state index contributed by atoms with van der Waals surface area (Å²) in [5.74, 6) is -0.0343. The van der Waals surface area contributed by atoms with Gasteiger partial charge in [0.15, 0.2) is 6.61 Å². The Balaban J connectivity index is 0.000000178. The highest BCUT2D eigenvalue weighted by Crippen LogP contribution is 2.43. The highest BCUT2D eigenvalue weighted by molar-refractivity contribution is 8.00. The number of carboxylic acids is 1. The number of nitrogens with zero attached hydrogens (tertiary/aromatic N) is 3. The Morgan fingerprint density at radius 1 is 1.09 bits per heavy atom. The maximum absolute atomic E-state index is 12.6. The van der Waals surface area contributed by atoms with Crippen LogP contribution < -0.4 is 14.8 Å². The number of esters is 1. The molecule has 3 N–H and O–H groups in total. The number of aliphatic carboxylic acids is 1. The van der Waals surface area contributed by atoms with Crippen molar-refractivity contribution < 1.29 is 43.6 Å². The van der Waals surface area contributed by atoms with E-state index in [-0.39, 0.29) is 30.7 Å². The Morgan fingerprint density at radius 2 is 1.88 bits per heavy atom. The highest BCUT2D eigenvalue weighted by Gasteiger charge is 2.54. The first-order valence-corrected chi connectivity index (χ1v) is 19.5. The number of carbonyl (C=O) groups excluding carboxylic acids is 3. The monoisotopic (exact) mass is 780 g/mol. The van der Waals surface area contributed by atoms with Gasteiger partial charge in [0.05, 0.1) is 18.7 Å². The second-order valence-corrected chi connectivity index (χ2v) is 15.4. The second kappa shape index (κ2) is 16.7. The van der Waals surface area contributed by atoms with Crippen molar-refractivity contribution in [3.63, 3.8) is 0 Å². The average Bonchev–Trinajstić information content (AvgIpc) is 3.23. The number of methoxy groups -OCH3 is 1. The fraction of sp³-hybridized carbons (Fsp3) is 0.357. The van der Waals surface area contributed by atoms with Crippen LogP contribution >= 0.6 is 11.8 Å². The van der Waals surface area contributed by atoms with Crippen LogP contribution in [0.2, 0.25) is 0 Å². The van der Waals surface area contributed by atoms with Gasteiger partial charge in [-0.3, -0.25) is 29.2 Å². The summed E-state index contributed by atoms with van der Waals surface area (Å²) in [6, 6.07) is 20.3. The molecule has 5 aliphatic rings. The third-order valence-electron chi connectivity index (χ3n) is 10.9. The van der Waals surface area contributed by atoms with Gasteiger partial charge in [-0.15, -0.1) is 18.3 Å². The van der Waals surface area contributed by atoms with E-state index in [1.165, 1.54) is 25.1 Å². The lowest BCUT2D eigenvalue weighted by molar-refractivity contribution is -0.151. The van der Waals surface area contributed by atoms with E-state index in [0.29, 0.717) is 23.2 Å². The number of piperidine rings is 3. The second-order valence-electron chi connectivity index (χ2n) is 14.3. The van der Waals surface area contributed by atoms with E-state index < -0.39 is 41.3 Å². The molecule has 7 atom stereocenters. The van der Waals surface area contributed by atoms with Crippen molar-refractivity contribution in [3.8, 4) is 11.5 Å². The Morgan fingerprint density at radius 3 is 2.59 bits per heavy atom. The smallest absolute Gasteiger partial charge is 0.352 e. The summed E-state index contributed by atoms with van der Waals surface area (Å²) in [5.41, 5.74) is 1.99. The molecule has 1 aromatic heterocycles. The van der Waals surface area contributed by atoms with Crippen LogP contribution in [0.5, 0.6) is 11.5 Å². The minimum absolute atomic E-state index is 0.178. The molecular formula is C42H44N4O9S. The minimum atomic E-state index is -1.28. The quantitative estimate of drug-likeness (QED) is 0.109. The van der Waals surface area contributed by atoms with Crippen LogP contribution in [0.4, 0.5) is 0 Å². The molecule has 56 heavy (non-hydrogen) atoms. The lowest BCUT2D eigenvalue weighted by Gasteiger charge is -2.50. The first-order chi connectivity index (χ1) is 27.1. The van der Waals surface area contributed by atoms with Crippen molar-refractivity contribution in [2.24, 2.45) is 11.8 Å². The number of benzene rings is 3. The lowest BCUT2D eigenvalue weighted by Crippen LogP contribution is -2.71. The molecule has 5 aliphatic heterocycles. The van der Waals surface area contributed by atoms with Crippen molar-refractivity contribution >= 4 is 57.2 Å². The predicted octanol–water partition coefficient (Wildman–Crippen LogP) is 4.69. The Labute approximate surface area is 328 Å². The molecule has 3 aromatic carbocycles. The van der Waals surface area contributed by atoms with Gasteiger partial charge in [0, 0.05) is 42.4 Å². The van der Waals surface area contributed by atoms with E-state index in [9.17, 15) is 29.4 Å². The number of aliphatic hydroxyl groups excluding tert-OH is 1. The van der Waals surface area contributed by atoms with Gasteiger partial charge in [0.2, 0.25) is 0 Å². The Bertz CT molecular complexity index is 2210. The van der Waals surface area contributed by atoms with Crippen molar-refractivity contribution in [1.29, 1.82) is 0 Å². The third kappa shape index (κ3) is 7.95. The first kappa shape index (κ1) is 38.8. The molecule has 2 bridgehead atoms. The van der Waals surface area contributed by atoms with E-state index in [1.54, 1.807) is 19.4 Å². The summed E-state index contributed by atoms with van der Waals surface area (Å²) < 4.78 is 15.8. The Hall–Kier alpha value is -5.44. The molecule has 9 rings (SSSR count). The van der Waals surface area contributed by atoms with Crippen LogP contribution in [0.15, 0.2) is 96.9 Å². The van der Waals surface area contributed by atoms with E-state index >= 15 is 0 Å². The number of nitrogens with one attached hydrogen (secondary N) is 1. The van der Waals surface area contributed by atoms with Gasteiger partial charge in [-0.1, -0.05) is 36.4 Å². The summed E-state index contributed by atoms with van der Waals surface area (Å²) >= 11 is 1.30. The minimum Gasteiger partial charge on any atom is -0.497 e. The number of thioether (sulfide) groups is 1. The number of pyridine rings is 1. The van der Waals surface area contributed by atoms with Crippen LogP contribution in [0.1, 0.15) is 31.4 Å². The molecule has 1 unspecified atom stereocenters. The number of aromatic nitrogens is 1. The number of aliphatic hydroxyl groups is 1. The molecule has 292 valence electrons. The molecule has 0 radical (unpaired) electrons. The van der Waals surface area contributed by atoms with Crippen LogP contribution in [0, 0.1) is 11.8 Å². The molecular weight excluding hydrogens is 737 g/mol. The SMILES string of the molecule is C=C[C@H]1CN2CC[C@H]1C[C@H]2[C@H](O)c1ccnc2ccc(OC)cc12.CC(=O)OCC1=C(C(=O)O)N2C(=O)[C@@H](NC(=O)COc3ccc4ccccc4c3)[C@H]2SC1. The van der Waals surface area contributed by atoms with Crippen molar-refractivity contribution in [1.82, 2.24) is 20.1 Å². The molecule has 4 aromatic rings. The standard InChI is InChI=1S/C22H20N2O7S.C20H24N2O2/c1-12(25)30-9-15-11-32-21-18(20(27)24(21)19(15)22(28)29)23-17(26)10-31-16-7-6-13-4-2-3-5-14(13)8-16;1-3-13-12-22-9-7-14(13)10-19(22)20(23)16-6-8-21-18-5-4-15(24-2)11-17(16)18/h2-8,18,21H,9-11H2,1H3,(H,23,26)(H,28,29);3-6,8,11,13-14,19-20,23H,1,7,9-10,12H2,2H3/t18-,21-;13-,14-,19-,20+/m10/s1. The zero-order valence-corrected chi connectivity index (χ0v) is 31.9. The Kier molecular flexibility index (Phi) is 11.6. The summed E-state index contributed by atoms with van der Waals surface area (Å²) in [5, 5.41) is 25.8. The van der Waals surface area contributed by atoms with Gasteiger partial charge in [0.1, 0.15) is 35.2 Å². The summed E-state index contributed by atoms with van der Waals surface area (Å²) in [6.45, 7) is 6.81. The summed E-state index contributed by atoms with van der Waals surface area (Å²) in [7, 11) is 1.66. The van der Waals surface area contributed by atoms with Gasteiger partial charge in [-0.25, -0.2) is 4.79 Å². The maximum Gasteiger partial charge on any atom is 0.352 e. The van der Waals surface area contributed by atoms with E-state index in [2.05, 4.69) is 27.9 Å². The number of amides is 2. The number of fused-ring (bicyclic) bond motifs is 6. The molecule has 0 aliphatic carbocycles. The van der Waals surface area contributed by atoms with Crippen LogP contribution in [0.3, 0.4) is 0 Å². The van der Waals surface area contributed by atoms with Gasteiger partial charge in [-0.2, -0.15) is 0 Å². The highest BCUT2D eigenvalue weighted by atomic mass is 32.2. The zero-order chi connectivity index (χ0) is 39.5. The van der Waals surface area contributed by atoms with Crippen LogP contribution in [-0.2, 0) is 23.9 Å². The average molecular weight is 781 g/mol. The van der Waals surface area contributed by atoms with E-state index in [0.717, 1.165) is 57.4 Å². The number of carbonyl (C=O) groups is 4. The number of carboxylic acid groups (broad SMARTS) is 1. The van der Waals surface area contributed by atoms with Crippen molar-refractivity contribution in [3.05, 3.63) is 102 Å². The molecule has 0 saturated carbocycles.